The third kappa shape index (κ3) is 6.02. The number of rotatable bonds is 6. The molecule has 0 aromatic carbocycles. The molecule has 0 aliphatic rings. The van der Waals surface area contributed by atoms with Crippen LogP contribution in [0.2, 0.25) is 0 Å². The standard InChI is InChI=1S/C16H22/c1-7-13(3)9-11-15(5)16(6)12-10-14(4)8-2/h7,9-12H,1,3,5,8H2,2,4,6H3. The lowest BCUT2D eigenvalue weighted by Crippen LogP contribution is -1.79. The average molecular weight is 214 g/mol. The maximum Gasteiger partial charge on any atom is -0.0299 e. The first kappa shape index (κ1) is 14.4. The summed E-state index contributed by atoms with van der Waals surface area (Å²) in [5, 5.41) is 0. The summed E-state index contributed by atoms with van der Waals surface area (Å²) in [6.45, 7) is 17.8. The van der Waals surface area contributed by atoms with Crippen LogP contribution in [0.25, 0.3) is 0 Å². The highest BCUT2D eigenvalue weighted by Crippen LogP contribution is 2.11. The molecule has 16 heavy (non-hydrogen) atoms. The summed E-state index contributed by atoms with van der Waals surface area (Å²) in [6, 6.07) is 0. The lowest BCUT2D eigenvalue weighted by Gasteiger charge is -1.99. The zero-order valence-electron chi connectivity index (χ0n) is 10.7. The van der Waals surface area contributed by atoms with Crippen molar-refractivity contribution in [3.05, 3.63) is 72.4 Å². The van der Waals surface area contributed by atoms with E-state index in [4.69, 9.17) is 0 Å². The zero-order valence-corrected chi connectivity index (χ0v) is 10.7. The van der Waals surface area contributed by atoms with Gasteiger partial charge in [0.05, 0.1) is 0 Å². The van der Waals surface area contributed by atoms with Crippen LogP contribution in [-0.4, -0.2) is 0 Å². The molecule has 0 spiro atoms. The largest absolute Gasteiger partial charge is 0.0985 e. The summed E-state index contributed by atoms with van der Waals surface area (Å²) in [4.78, 5) is 0. The Morgan fingerprint density at radius 3 is 2.19 bits per heavy atom. The lowest BCUT2D eigenvalue weighted by molar-refractivity contribution is 1.10. The predicted octanol–water partition coefficient (Wildman–Crippen LogP) is 5.14. The van der Waals surface area contributed by atoms with Crippen molar-refractivity contribution in [3.63, 3.8) is 0 Å². The highest BCUT2D eigenvalue weighted by Gasteiger charge is 1.91. The van der Waals surface area contributed by atoms with E-state index in [0.29, 0.717) is 0 Å². The Kier molecular flexibility index (Phi) is 6.95. The molecule has 0 aliphatic carbocycles. The van der Waals surface area contributed by atoms with Crippen LogP contribution in [0.1, 0.15) is 27.2 Å². The fourth-order valence-corrected chi connectivity index (χ4v) is 0.899. The van der Waals surface area contributed by atoms with Crippen LogP contribution in [0.5, 0.6) is 0 Å². The number of hydrogen-bond donors (Lipinski definition) is 0. The van der Waals surface area contributed by atoms with Crippen molar-refractivity contribution < 1.29 is 0 Å². The Bertz CT molecular complexity index is 359. The molecule has 0 unspecified atom stereocenters. The van der Waals surface area contributed by atoms with E-state index in [1.54, 1.807) is 6.08 Å². The SMILES string of the molecule is C=CC(=C)C=CC(=C)C(C)=CC=C(C)CC. The first-order valence-electron chi connectivity index (χ1n) is 5.54. The van der Waals surface area contributed by atoms with Gasteiger partial charge < -0.3 is 0 Å². The second-order valence-electron chi connectivity index (χ2n) is 3.85. The van der Waals surface area contributed by atoms with Crippen molar-refractivity contribution >= 4 is 0 Å². The minimum Gasteiger partial charge on any atom is -0.0985 e. The first-order chi connectivity index (χ1) is 7.51. The molecule has 0 aliphatic heterocycles. The third-order valence-corrected chi connectivity index (χ3v) is 2.44. The molecule has 0 heterocycles. The molecule has 0 heteroatoms. The Hall–Kier alpha value is -1.56. The quantitative estimate of drug-likeness (QED) is 0.537. The van der Waals surface area contributed by atoms with Crippen LogP contribution in [-0.2, 0) is 0 Å². The van der Waals surface area contributed by atoms with Crippen molar-refractivity contribution in [1.82, 2.24) is 0 Å². The molecule has 0 aromatic heterocycles. The molecule has 0 saturated carbocycles. The molecular weight excluding hydrogens is 192 g/mol. The van der Waals surface area contributed by atoms with Crippen molar-refractivity contribution in [2.45, 2.75) is 27.2 Å². The van der Waals surface area contributed by atoms with E-state index in [1.807, 2.05) is 12.2 Å². The summed E-state index contributed by atoms with van der Waals surface area (Å²) >= 11 is 0. The van der Waals surface area contributed by atoms with Crippen LogP contribution >= 0.6 is 0 Å². The van der Waals surface area contributed by atoms with Gasteiger partial charge >= 0.3 is 0 Å². The minimum atomic E-state index is 0.897. The summed E-state index contributed by atoms with van der Waals surface area (Å²) < 4.78 is 0. The van der Waals surface area contributed by atoms with Crippen LogP contribution in [0.3, 0.4) is 0 Å². The van der Waals surface area contributed by atoms with E-state index < -0.39 is 0 Å². The molecular formula is C16H22. The van der Waals surface area contributed by atoms with Crippen LogP contribution in [0, 0.1) is 0 Å². The van der Waals surface area contributed by atoms with Crippen LogP contribution in [0.15, 0.2) is 72.4 Å². The Labute approximate surface area is 100 Å². The van der Waals surface area contributed by atoms with Crippen molar-refractivity contribution in [1.29, 1.82) is 0 Å². The van der Waals surface area contributed by atoms with E-state index in [-0.39, 0.29) is 0 Å². The molecule has 0 saturated heterocycles. The lowest BCUT2D eigenvalue weighted by atomic mass is 10.1. The second-order valence-corrected chi connectivity index (χ2v) is 3.85. The van der Waals surface area contributed by atoms with E-state index in [1.165, 1.54) is 11.1 Å². The maximum atomic E-state index is 4.00. The van der Waals surface area contributed by atoms with E-state index in [2.05, 4.69) is 52.7 Å². The highest BCUT2D eigenvalue weighted by molar-refractivity contribution is 5.41. The fraction of sp³-hybridized carbons (Fsp3) is 0.250. The van der Waals surface area contributed by atoms with Crippen LogP contribution < -0.4 is 0 Å². The molecule has 0 N–H and O–H groups in total. The Balaban J connectivity index is 4.57. The van der Waals surface area contributed by atoms with Crippen molar-refractivity contribution in [3.8, 4) is 0 Å². The van der Waals surface area contributed by atoms with Gasteiger partial charge in [0.1, 0.15) is 0 Å². The molecule has 0 radical (unpaired) electrons. The van der Waals surface area contributed by atoms with Gasteiger partial charge in [-0.15, -0.1) is 0 Å². The molecule has 0 aromatic rings. The smallest absolute Gasteiger partial charge is 0.0299 e. The summed E-state index contributed by atoms with van der Waals surface area (Å²) in [5.41, 5.74) is 4.44. The van der Waals surface area contributed by atoms with Gasteiger partial charge in [0.2, 0.25) is 0 Å². The number of hydrogen-bond acceptors (Lipinski definition) is 0. The van der Waals surface area contributed by atoms with Gasteiger partial charge in [0, 0.05) is 0 Å². The van der Waals surface area contributed by atoms with E-state index in [0.717, 1.165) is 17.6 Å². The Morgan fingerprint density at radius 2 is 1.69 bits per heavy atom. The third-order valence-electron chi connectivity index (χ3n) is 2.44. The van der Waals surface area contributed by atoms with Crippen molar-refractivity contribution in [2.24, 2.45) is 0 Å². The topological polar surface area (TPSA) is 0 Å². The normalized spacial score (nSPS) is 12.9. The minimum absolute atomic E-state index is 0.897. The zero-order chi connectivity index (χ0) is 12.6. The number of allylic oxidation sites excluding steroid dienone is 9. The van der Waals surface area contributed by atoms with E-state index in [9.17, 15) is 0 Å². The molecule has 0 nitrogen and oxygen atoms in total. The fourth-order valence-electron chi connectivity index (χ4n) is 0.899. The van der Waals surface area contributed by atoms with Crippen molar-refractivity contribution in [2.75, 3.05) is 0 Å². The first-order valence-corrected chi connectivity index (χ1v) is 5.54. The van der Waals surface area contributed by atoms with Gasteiger partial charge in [-0.1, -0.05) is 62.6 Å². The highest BCUT2D eigenvalue weighted by atomic mass is 14.0. The van der Waals surface area contributed by atoms with Gasteiger partial charge in [0.25, 0.3) is 0 Å². The van der Waals surface area contributed by atoms with Gasteiger partial charge in [-0.2, -0.15) is 0 Å². The second kappa shape index (κ2) is 7.70. The summed E-state index contributed by atoms with van der Waals surface area (Å²) in [5.74, 6) is 0. The molecule has 0 bridgehead atoms. The van der Waals surface area contributed by atoms with E-state index >= 15 is 0 Å². The van der Waals surface area contributed by atoms with Gasteiger partial charge in [0.15, 0.2) is 0 Å². The molecule has 0 fully saturated rings. The summed E-state index contributed by atoms with van der Waals surface area (Å²) in [6.07, 6.45) is 10.9. The Morgan fingerprint density at radius 1 is 1.06 bits per heavy atom. The van der Waals surface area contributed by atoms with Gasteiger partial charge in [-0.25, -0.2) is 0 Å². The molecule has 0 atom stereocenters. The maximum absolute atomic E-state index is 4.00. The van der Waals surface area contributed by atoms with Crippen LogP contribution in [0.4, 0.5) is 0 Å². The monoisotopic (exact) mass is 214 g/mol. The van der Waals surface area contributed by atoms with Gasteiger partial charge in [-0.05, 0) is 37.0 Å². The molecule has 0 amide bonds. The van der Waals surface area contributed by atoms with Gasteiger partial charge in [-0.3, -0.25) is 0 Å². The average Bonchev–Trinajstić information content (AvgIpc) is 2.31. The summed E-state index contributed by atoms with van der Waals surface area (Å²) in [7, 11) is 0. The molecule has 0 rings (SSSR count). The molecule has 86 valence electrons. The predicted molar refractivity (Wildman–Crippen MR) is 75.4 cm³/mol.